The number of anilines is 1. The van der Waals surface area contributed by atoms with Crippen LogP contribution in [0.15, 0.2) is 66.4 Å². The maximum absolute atomic E-state index is 13.3. The normalized spacial score (nSPS) is 14.4. The summed E-state index contributed by atoms with van der Waals surface area (Å²) in [7, 11) is 3.08. The van der Waals surface area contributed by atoms with Crippen molar-refractivity contribution in [2.24, 2.45) is 0 Å². The van der Waals surface area contributed by atoms with Crippen molar-refractivity contribution in [2.75, 3.05) is 19.1 Å². The summed E-state index contributed by atoms with van der Waals surface area (Å²) < 4.78 is 29.8. The number of rotatable bonds is 7. The van der Waals surface area contributed by atoms with E-state index in [1.165, 1.54) is 30.2 Å². The lowest BCUT2D eigenvalue weighted by molar-refractivity contribution is -0.113. The molecule has 0 unspecified atom stereocenters. The van der Waals surface area contributed by atoms with Gasteiger partial charge in [0.15, 0.2) is 5.11 Å². The van der Waals surface area contributed by atoms with E-state index < -0.39 is 5.82 Å². The zero-order valence-corrected chi connectivity index (χ0v) is 19.9. The number of ether oxygens (including phenoxy) is 3. The first-order chi connectivity index (χ1) is 16.4. The number of benzene rings is 3. The zero-order chi connectivity index (χ0) is 24.2. The summed E-state index contributed by atoms with van der Waals surface area (Å²) in [5.41, 5.74) is 2.31. The predicted molar refractivity (Wildman–Crippen MR) is 133 cm³/mol. The van der Waals surface area contributed by atoms with E-state index in [1.54, 1.807) is 37.5 Å². The van der Waals surface area contributed by atoms with Gasteiger partial charge in [0.1, 0.15) is 35.4 Å². The van der Waals surface area contributed by atoms with Gasteiger partial charge in [0.25, 0.3) is 5.91 Å². The maximum Gasteiger partial charge on any atom is 0.281 e. The molecule has 0 aromatic heterocycles. The van der Waals surface area contributed by atoms with E-state index in [1.807, 2.05) is 18.2 Å². The lowest BCUT2D eigenvalue weighted by Crippen LogP contribution is -2.30. The largest absolute Gasteiger partial charge is 0.496 e. The molecule has 1 heterocycles. The quantitative estimate of drug-likeness (QED) is 0.350. The van der Waals surface area contributed by atoms with Crippen molar-refractivity contribution < 1.29 is 23.4 Å². The molecule has 3 aromatic rings. The Morgan fingerprint density at radius 1 is 1.03 bits per heavy atom. The van der Waals surface area contributed by atoms with Crippen molar-refractivity contribution in [3.05, 3.63) is 88.3 Å². The first kappa shape index (κ1) is 23.5. The number of nitrogens with zero attached hydrogens (tertiary/aromatic N) is 1. The first-order valence-electron chi connectivity index (χ1n) is 10.2. The Kier molecular flexibility index (Phi) is 7.00. The van der Waals surface area contributed by atoms with Gasteiger partial charge in [-0.05, 0) is 66.3 Å². The summed E-state index contributed by atoms with van der Waals surface area (Å²) >= 11 is 11.5. The molecule has 6 nitrogen and oxygen atoms in total. The van der Waals surface area contributed by atoms with Crippen LogP contribution in [0.4, 0.5) is 10.1 Å². The van der Waals surface area contributed by atoms with E-state index in [0.29, 0.717) is 34.2 Å². The Bertz CT molecular complexity index is 1300. The molecule has 174 valence electrons. The van der Waals surface area contributed by atoms with Crippen LogP contribution in [0.5, 0.6) is 17.2 Å². The molecule has 1 N–H and O–H groups in total. The third-order valence-corrected chi connectivity index (χ3v) is 5.68. The van der Waals surface area contributed by atoms with Crippen LogP contribution in [-0.4, -0.2) is 25.2 Å². The summed E-state index contributed by atoms with van der Waals surface area (Å²) in [6.45, 7) is 0.124. The molecule has 1 saturated heterocycles. The van der Waals surface area contributed by atoms with Gasteiger partial charge in [0.05, 0.1) is 24.9 Å². The fraction of sp³-hybridized carbons (Fsp3) is 0.120. The number of para-hydroxylation sites is 2. The molecule has 1 aliphatic rings. The third-order valence-electron chi connectivity index (χ3n) is 5.10. The highest BCUT2D eigenvalue weighted by molar-refractivity contribution is 7.80. The molecular formula is C25H20ClFN2O4S. The van der Waals surface area contributed by atoms with E-state index >= 15 is 0 Å². The lowest BCUT2D eigenvalue weighted by atomic mass is 10.1. The van der Waals surface area contributed by atoms with E-state index in [0.717, 1.165) is 5.56 Å². The molecule has 1 fully saturated rings. The number of halogens is 2. The Morgan fingerprint density at radius 3 is 2.50 bits per heavy atom. The summed E-state index contributed by atoms with van der Waals surface area (Å²) in [6, 6.07) is 16.5. The van der Waals surface area contributed by atoms with Crippen LogP contribution < -0.4 is 24.4 Å². The Morgan fingerprint density at radius 2 is 1.76 bits per heavy atom. The first-order valence-corrected chi connectivity index (χ1v) is 10.9. The minimum atomic E-state index is -0.447. The van der Waals surface area contributed by atoms with Gasteiger partial charge in [-0.1, -0.05) is 29.8 Å². The Labute approximate surface area is 206 Å². The highest BCUT2D eigenvalue weighted by atomic mass is 35.5. The molecule has 0 bridgehead atoms. The Balaban J connectivity index is 1.59. The second-order valence-corrected chi connectivity index (χ2v) is 8.03. The second kappa shape index (κ2) is 10.1. The van der Waals surface area contributed by atoms with Crippen LogP contribution in [0, 0.1) is 5.82 Å². The van der Waals surface area contributed by atoms with Crippen molar-refractivity contribution >= 4 is 46.6 Å². The average molecular weight is 499 g/mol. The van der Waals surface area contributed by atoms with Gasteiger partial charge in [-0.2, -0.15) is 0 Å². The maximum atomic E-state index is 13.3. The molecular weight excluding hydrogens is 479 g/mol. The van der Waals surface area contributed by atoms with Crippen molar-refractivity contribution in [1.29, 1.82) is 0 Å². The predicted octanol–water partition coefficient (Wildman–Crippen LogP) is 5.34. The van der Waals surface area contributed by atoms with Gasteiger partial charge in [0, 0.05) is 5.56 Å². The monoisotopic (exact) mass is 498 g/mol. The summed E-state index contributed by atoms with van der Waals surface area (Å²) in [5.74, 6) is 0.722. The van der Waals surface area contributed by atoms with Crippen molar-refractivity contribution in [2.45, 2.75) is 6.61 Å². The van der Waals surface area contributed by atoms with Gasteiger partial charge in [-0.3, -0.25) is 4.79 Å². The lowest BCUT2D eigenvalue weighted by Gasteiger charge is -2.17. The smallest absolute Gasteiger partial charge is 0.281 e. The average Bonchev–Trinajstić information content (AvgIpc) is 3.11. The standard InChI is InChI=1S/C25H20ClFN2O4S/c1-31-21-9-7-15(11-16(21)14-33-22-10-8-17(27)13-18(22)26)12-19-24(30)29(25(34)28-19)20-5-3-4-6-23(20)32-2/h3-13H,14H2,1-2H3,(H,28,34)/b19-12+. The summed E-state index contributed by atoms with van der Waals surface area (Å²) in [5, 5.41) is 3.39. The Hall–Kier alpha value is -3.62. The van der Waals surface area contributed by atoms with Crippen LogP contribution in [0.3, 0.4) is 0 Å². The fourth-order valence-corrected chi connectivity index (χ4v) is 4.00. The van der Waals surface area contributed by atoms with Crippen molar-refractivity contribution in [3.8, 4) is 17.2 Å². The van der Waals surface area contributed by atoms with Crippen molar-refractivity contribution in [3.63, 3.8) is 0 Å². The molecule has 1 aliphatic heterocycles. The van der Waals surface area contributed by atoms with Gasteiger partial charge in [-0.25, -0.2) is 9.29 Å². The van der Waals surface area contributed by atoms with Crippen LogP contribution in [0.25, 0.3) is 6.08 Å². The van der Waals surface area contributed by atoms with Crippen LogP contribution in [-0.2, 0) is 11.4 Å². The van der Waals surface area contributed by atoms with Gasteiger partial charge in [-0.15, -0.1) is 0 Å². The molecule has 0 atom stereocenters. The van der Waals surface area contributed by atoms with Crippen molar-refractivity contribution in [1.82, 2.24) is 5.32 Å². The SMILES string of the molecule is COc1ccc(/C=C2/NC(=S)N(c3ccccc3OC)C2=O)cc1COc1ccc(F)cc1Cl. The highest BCUT2D eigenvalue weighted by Crippen LogP contribution is 2.32. The molecule has 0 radical (unpaired) electrons. The van der Waals surface area contributed by atoms with Crippen LogP contribution in [0.1, 0.15) is 11.1 Å². The van der Waals surface area contributed by atoms with Gasteiger partial charge < -0.3 is 19.5 Å². The van der Waals surface area contributed by atoms with E-state index in [2.05, 4.69) is 5.32 Å². The zero-order valence-electron chi connectivity index (χ0n) is 18.3. The number of carbonyl (C=O) groups excluding carboxylic acids is 1. The summed E-state index contributed by atoms with van der Waals surface area (Å²) in [6.07, 6.45) is 1.69. The third kappa shape index (κ3) is 4.83. The van der Waals surface area contributed by atoms with Crippen LogP contribution in [0.2, 0.25) is 5.02 Å². The van der Waals surface area contributed by atoms with Gasteiger partial charge in [0.2, 0.25) is 0 Å². The number of carbonyl (C=O) groups is 1. The number of thiocarbonyl (C=S) groups is 1. The number of hydrogen-bond acceptors (Lipinski definition) is 5. The molecule has 9 heteroatoms. The number of amides is 1. The molecule has 0 saturated carbocycles. The van der Waals surface area contributed by atoms with Gasteiger partial charge >= 0.3 is 0 Å². The highest BCUT2D eigenvalue weighted by Gasteiger charge is 2.33. The summed E-state index contributed by atoms with van der Waals surface area (Å²) in [4.78, 5) is 14.5. The molecule has 3 aromatic carbocycles. The topological polar surface area (TPSA) is 60.0 Å². The number of hydrogen-bond donors (Lipinski definition) is 1. The fourth-order valence-electron chi connectivity index (χ4n) is 3.48. The van der Waals surface area contributed by atoms with E-state index in [9.17, 15) is 9.18 Å². The molecule has 0 spiro atoms. The minimum Gasteiger partial charge on any atom is -0.496 e. The minimum absolute atomic E-state index is 0.124. The number of methoxy groups -OCH3 is 2. The second-order valence-electron chi connectivity index (χ2n) is 7.24. The number of nitrogens with one attached hydrogen (secondary N) is 1. The molecule has 4 rings (SSSR count). The molecule has 1 amide bonds. The van der Waals surface area contributed by atoms with Crippen LogP contribution >= 0.6 is 23.8 Å². The molecule has 0 aliphatic carbocycles. The van der Waals surface area contributed by atoms with E-state index in [-0.39, 0.29) is 22.6 Å². The van der Waals surface area contributed by atoms with E-state index in [4.69, 9.17) is 38.0 Å². The molecule has 34 heavy (non-hydrogen) atoms.